The second-order valence-corrected chi connectivity index (χ2v) is 8.62. The molecule has 0 bridgehead atoms. The van der Waals surface area contributed by atoms with Crippen LogP contribution in [0.15, 0.2) is 48.5 Å². The highest BCUT2D eigenvalue weighted by atomic mass is 16.5. The van der Waals surface area contributed by atoms with Crippen molar-refractivity contribution in [2.24, 2.45) is 11.8 Å². The highest BCUT2D eigenvalue weighted by molar-refractivity contribution is 6.21. The van der Waals surface area contributed by atoms with Gasteiger partial charge in [0, 0.05) is 18.2 Å². The van der Waals surface area contributed by atoms with Crippen molar-refractivity contribution in [2.75, 3.05) is 18.5 Å². The van der Waals surface area contributed by atoms with Crippen molar-refractivity contribution < 1.29 is 23.9 Å². The lowest BCUT2D eigenvalue weighted by Crippen LogP contribution is -2.41. The maximum absolute atomic E-state index is 13.1. The number of imide groups is 1. The first-order valence-corrected chi connectivity index (χ1v) is 11.5. The fraction of sp³-hybridized carbons (Fsp3) is 0.385. The van der Waals surface area contributed by atoms with Gasteiger partial charge in [0.15, 0.2) is 0 Å². The lowest BCUT2D eigenvalue weighted by atomic mass is 9.78. The van der Waals surface area contributed by atoms with Gasteiger partial charge in [-0.2, -0.15) is 0 Å². The third-order valence-corrected chi connectivity index (χ3v) is 6.37. The second kappa shape index (κ2) is 9.98. The van der Waals surface area contributed by atoms with Gasteiger partial charge in [-0.1, -0.05) is 31.9 Å². The van der Waals surface area contributed by atoms with Gasteiger partial charge in [0.25, 0.3) is 11.8 Å². The Morgan fingerprint density at radius 2 is 1.61 bits per heavy atom. The van der Waals surface area contributed by atoms with Crippen molar-refractivity contribution in [3.8, 4) is 0 Å². The first-order valence-electron chi connectivity index (χ1n) is 11.5. The summed E-state index contributed by atoms with van der Waals surface area (Å²) in [7, 11) is 0. The van der Waals surface area contributed by atoms with E-state index in [1.807, 2.05) is 6.92 Å². The number of nitrogens with one attached hydrogen (secondary N) is 1. The van der Waals surface area contributed by atoms with E-state index in [9.17, 15) is 19.2 Å². The SMILES string of the molecule is CCCOC(=O)c1ccc(NC(=O)C2CCCCC2CN2C(=O)c3ccccc3C2=O)cc1. The maximum Gasteiger partial charge on any atom is 0.338 e. The summed E-state index contributed by atoms with van der Waals surface area (Å²) in [4.78, 5) is 51.9. The largest absolute Gasteiger partial charge is 0.462 e. The summed E-state index contributed by atoms with van der Waals surface area (Å²) in [6, 6.07) is 13.5. The highest BCUT2D eigenvalue weighted by Crippen LogP contribution is 2.34. The molecule has 1 N–H and O–H groups in total. The van der Waals surface area contributed by atoms with Gasteiger partial charge in [-0.15, -0.1) is 0 Å². The van der Waals surface area contributed by atoms with E-state index in [0.29, 0.717) is 35.4 Å². The van der Waals surface area contributed by atoms with Crippen LogP contribution in [0.4, 0.5) is 5.69 Å². The van der Waals surface area contributed by atoms with Crippen molar-refractivity contribution in [3.63, 3.8) is 0 Å². The molecule has 4 rings (SSSR count). The molecule has 7 nitrogen and oxygen atoms in total. The minimum absolute atomic E-state index is 0.0933. The van der Waals surface area contributed by atoms with Gasteiger partial charge in [-0.05, 0) is 61.6 Å². The predicted molar refractivity (Wildman–Crippen MR) is 123 cm³/mol. The first kappa shape index (κ1) is 22.7. The Kier molecular flexibility index (Phi) is 6.87. The predicted octanol–water partition coefficient (Wildman–Crippen LogP) is 4.29. The van der Waals surface area contributed by atoms with Crippen molar-refractivity contribution in [3.05, 3.63) is 65.2 Å². The van der Waals surface area contributed by atoms with Gasteiger partial charge >= 0.3 is 5.97 Å². The number of nitrogens with zero attached hydrogens (tertiary/aromatic N) is 1. The van der Waals surface area contributed by atoms with Crippen LogP contribution in [-0.4, -0.2) is 41.7 Å². The van der Waals surface area contributed by atoms with Crippen LogP contribution >= 0.6 is 0 Å². The number of carbonyl (C=O) groups is 4. The molecule has 0 spiro atoms. The molecule has 2 aliphatic rings. The molecule has 2 aromatic carbocycles. The summed E-state index contributed by atoms with van der Waals surface area (Å²) in [6.07, 6.45) is 4.14. The van der Waals surface area contributed by atoms with Crippen molar-refractivity contribution in [1.29, 1.82) is 0 Å². The van der Waals surface area contributed by atoms with Gasteiger partial charge in [-0.25, -0.2) is 4.79 Å². The summed E-state index contributed by atoms with van der Waals surface area (Å²) < 4.78 is 5.13. The number of hydrogen-bond acceptors (Lipinski definition) is 5. The van der Waals surface area contributed by atoms with Gasteiger partial charge < -0.3 is 10.1 Å². The topological polar surface area (TPSA) is 92.8 Å². The van der Waals surface area contributed by atoms with E-state index in [2.05, 4.69) is 5.32 Å². The molecule has 3 amide bonds. The zero-order chi connectivity index (χ0) is 23.4. The summed E-state index contributed by atoms with van der Waals surface area (Å²) in [5, 5.41) is 2.94. The van der Waals surface area contributed by atoms with E-state index in [0.717, 1.165) is 25.7 Å². The van der Waals surface area contributed by atoms with E-state index < -0.39 is 0 Å². The molecule has 33 heavy (non-hydrogen) atoms. The monoisotopic (exact) mass is 448 g/mol. The number of esters is 1. The van der Waals surface area contributed by atoms with Crippen LogP contribution in [0.2, 0.25) is 0 Å². The Labute approximate surface area is 193 Å². The maximum atomic E-state index is 13.1. The average molecular weight is 449 g/mol. The van der Waals surface area contributed by atoms with Gasteiger partial charge in [0.05, 0.1) is 23.3 Å². The molecule has 1 fully saturated rings. The smallest absolute Gasteiger partial charge is 0.338 e. The number of benzene rings is 2. The van der Waals surface area contributed by atoms with Crippen LogP contribution in [-0.2, 0) is 9.53 Å². The molecule has 0 aromatic heterocycles. The number of carbonyl (C=O) groups excluding carboxylic acids is 4. The Hall–Kier alpha value is -3.48. The van der Waals surface area contributed by atoms with E-state index in [4.69, 9.17) is 4.74 Å². The van der Waals surface area contributed by atoms with Gasteiger partial charge in [0.1, 0.15) is 0 Å². The molecule has 0 saturated heterocycles. The van der Waals surface area contributed by atoms with Crippen LogP contribution in [0.5, 0.6) is 0 Å². The van der Waals surface area contributed by atoms with Gasteiger partial charge in [-0.3, -0.25) is 19.3 Å². The Bertz CT molecular complexity index is 1030. The zero-order valence-electron chi connectivity index (χ0n) is 18.7. The molecule has 1 saturated carbocycles. The molecular formula is C26H28N2O5. The Morgan fingerprint density at radius 1 is 0.970 bits per heavy atom. The third kappa shape index (κ3) is 4.82. The summed E-state index contributed by atoms with van der Waals surface area (Å²) >= 11 is 0. The molecule has 1 aliphatic heterocycles. The molecule has 172 valence electrons. The normalized spacial score (nSPS) is 19.8. The highest BCUT2D eigenvalue weighted by Gasteiger charge is 2.40. The number of amides is 3. The minimum atomic E-state index is -0.386. The van der Waals surface area contributed by atoms with E-state index >= 15 is 0 Å². The summed E-state index contributed by atoms with van der Waals surface area (Å²) in [6.45, 7) is 2.54. The van der Waals surface area contributed by atoms with E-state index in [-0.39, 0.29) is 42.1 Å². The standard InChI is InChI=1S/C26H28N2O5/c1-2-15-33-26(32)17-11-13-19(14-12-17)27-23(29)20-8-4-3-7-18(20)16-28-24(30)21-9-5-6-10-22(21)25(28)31/h5-6,9-14,18,20H,2-4,7-8,15-16H2,1H3,(H,27,29). The molecule has 1 aliphatic carbocycles. The minimum Gasteiger partial charge on any atom is -0.462 e. The molecule has 2 unspecified atom stereocenters. The summed E-state index contributed by atoms with van der Waals surface area (Å²) in [5.41, 5.74) is 1.88. The fourth-order valence-corrected chi connectivity index (χ4v) is 4.61. The molecule has 0 radical (unpaired) electrons. The average Bonchev–Trinajstić information content (AvgIpc) is 3.08. The second-order valence-electron chi connectivity index (χ2n) is 8.62. The molecule has 1 heterocycles. The van der Waals surface area contributed by atoms with Crippen LogP contribution in [0.25, 0.3) is 0 Å². The lowest BCUT2D eigenvalue weighted by molar-refractivity contribution is -0.122. The zero-order valence-corrected chi connectivity index (χ0v) is 18.7. The quantitative estimate of drug-likeness (QED) is 0.504. The summed E-state index contributed by atoms with van der Waals surface area (Å²) in [5.74, 6) is -1.47. The van der Waals surface area contributed by atoms with Crippen molar-refractivity contribution in [2.45, 2.75) is 39.0 Å². The number of rotatable bonds is 7. The molecule has 2 aromatic rings. The molecular weight excluding hydrogens is 420 g/mol. The number of fused-ring (bicyclic) bond motifs is 1. The molecule has 7 heteroatoms. The van der Waals surface area contributed by atoms with E-state index in [1.54, 1.807) is 48.5 Å². The molecule has 2 atom stereocenters. The van der Waals surface area contributed by atoms with Crippen LogP contribution in [0.3, 0.4) is 0 Å². The number of anilines is 1. The van der Waals surface area contributed by atoms with Gasteiger partial charge in [0.2, 0.25) is 5.91 Å². The van der Waals surface area contributed by atoms with Crippen LogP contribution in [0.1, 0.15) is 70.1 Å². The number of ether oxygens (including phenoxy) is 1. The Morgan fingerprint density at radius 3 is 2.24 bits per heavy atom. The van der Waals surface area contributed by atoms with Crippen LogP contribution in [0, 0.1) is 11.8 Å². The van der Waals surface area contributed by atoms with Crippen molar-refractivity contribution in [1.82, 2.24) is 4.90 Å². The van der Waals surface area contributed by atoms with Crippen molar-refractivity contribution >= 4 is 29.4 Å². The van der Waals surface area contributed by atoms with E-state index in [1.165, 1.54) is 4.90 Å². The Balaban J connectivity index is 1.41. The number of hydrogen-bond donors (Lipinski definition) is 1. The fourth-order valence-electron chi connectivity index (χ4n) is 4.61. The lowest BCUT2D eigenvalue weighted by Gasteiger charge is -2.32. The third-order valence-electron chi connectivity index (χ3n) is 6.37. The first-order chi connectivity index (χ1) is 16.0. The van der Waals surface area contributed by atoms with Crippen LogP contribution < -0.4 is 5.32 Å².